The van der Waals surface area contributed by atoms with Crippen LogP contribution in [0.3, 0.4) is 0 Å². The molecular formula is C14H15O. The van der Waals surface area contributed by atoms with Crippen LogP contribution in [-0.4, -0.2) is 7.11 Å². The second kappa shape index (κ2) is 4.35. The van der Waals surface area contributed by atoms with E-state index in [1.54, 1.807) is 7.11 Å². The van der Waals surface area contributed by atoms with Gasteiger partial charge in [0.25, 0.3) is 0 Å². The zero-order valence-electron chi connectivity index (χ0n) is 9.16. The Morgan fingerprint density at radius 2 is 2.13 bits per heavy atom. The van der Waals surface area contributed by atoms with E-state index in [9.17, 15) is 0 Å². The molecule has 0 amide bonds. The van der Waals surface area contributed by atoms with Gasteiger partial charge in [-0.05, 0) is 43.1 Å². The highest BCUT2D eigenvalue weighted by atomic mass is 16.5. The van der Waals surface area contributed by atoms with Crippen molar-refractivity contribution >= 4 is 5.57 Å². The standard InChI is InChI=1S/C14H15O/c1-11-5-3-6-12(9-11)13-7-4-8-14(10-13)15-2/h3,5-10H,4H2,1-2H3. The highest BCUT2D eigenvalue weighted by Gasteiger charge is 2.07. The number of allylic oxidation sites excluding steroid dienone is 3. The Balaban J connectivity index is 2.31. The molecular weight excluding hydrogens is 184 g/mol. The van der Waals surface area contributed by atoms with Gasteiger partial charge in [0.05, 0.1) is 7.11 Å². The predicted molar refractivity (Wildman–Crippen MR) is 63.2 cm³/mol. The quantitative estimate of drug-likeness (QED) is 0.708. The number of hydrogen-bond donors (Lipinski definition) is 0. The van der Waals surface area contributed by atoms with Crippen molar-refractivity contribution in [3.63, 3.8) is 0 Å². The van der Waals surface area contributed by atoms with Crippen molar-refractivity contribution in [2.24, 2.45) is 0 Å². The normalized spacial score (nSPS) is 15.6. The Kier molecular flexibility index (Phi) is 2.91. The zero-order valence-corrected chi connectivity index (χ0v) is 9.16. The summed E-state index contributed by atoms with van der Waals surface area (Å²) in [5.41, 5.74) is 3.80. The molecule has 1 aliphatic rings. The van der Waals surface area contributed by atoms with Crippen LogP contribution in [0, 0.1) is 13.3 Å². The summed E-state index contributed by atoms with van der Waals surface area (Å²) in [6.45, 7) is 2.11. The molecule has 77 valence electrons. The molecule has 0 bridgehead atoms. The van der Waals surface area contributed by atoms with Gasteiger partial charge < -0.3 is 4.74 Å². The van der Waals surface area contributed by atoms with Gasteiger partial charge in [-0.15, -0.1) is 0 Å². The van der Waals surface area contributed by atoms with Gasteiger partial charge in [0.2, 0.25) is 0 Å². The van der Waals surface area contributed by atoms with Gasteiger partial charge >= 0.3 is 0 Å². The predicted octanol–water partition coefficient (Wildman–Crippen LogP) is 3.52. The summed E-state index contributed by atoms with van der Waals surface area (Å²) in [5.74, 6) is 0.953. The van der Waals surface area contributed by atoms with Crippen LogP contribution in [-0.2, 0) is 4.74 Å². The smallest absolute Gasteiger partial charge is 0.115 e. The van der Waals surface area contributed by atoms with Crippen molar-refractivity contribution < 1.29 is 4.74 Å². The SMILES string of the molecule is COC1=CC[CH]C(c2cccc(C)c2)=C1. The number of methoxy groups -OCH3 is 1. The van der Waals surface area contributed by atoms with Crippen LogP contribution in [0.4, 0.5) is 0 Å². The Labute approximate surface area is 91.1 Å². The first-order chi connectivity index (χ1) is 7.29. The van der Waals surface area contributed by atoms with Gasteiger partial charge in [0.1, 0.15) is 5.76 Å². The minimum atomic E-state index is 0.947. The molecule has 0 heterocycles. The Hall–Kier alpha value is -1.50. The first-order valence-electron chi connectivity index (χ1n) is 5.15. The Bertz CT molecular complexity index is 413. The number of aryl methyl sites for hydroxylation is 1. The maximum Gasteiger partial charge on any atom is 0.115 e. The van der Waals surface area contributed by atoms with Gasteiger partial charge in [-0.1, -0.05) is 29.8 Å². The van der Waals surface area contributed by atoms with E-state index >= 15 is 0 Å². The molecule has 0 unspecified atom stereocenters. The lowest BCUT2D eigenvalue weighted by Crippen LogP contribution is -1.95. The van der Waals surface area contributed by atoms with E-state index in [4.69, 9.17) is 4.74 Å². The molecule has 1 radical (unpaired) electrons. The third-order valence-electron chi connectivity index (χ3n) is 2.54. The second-order valence-electron chi connectivity index (χ2n) is 3.72. The fourth-order valence-electron chi connectivity index (χ4n) is 1.74. The molecule has 15 heavy (non-hydrogen) atoms. The van der Waals surface area contributed by atoms with E-state index in [1.165, 1.54) is 16.7 Å². The minimum absolute atomic E-state index is 0.947. The average molecular weight is 199 g/mol. The maximum atomic E-state index is 5.24. The topological polar surface area (TPSA) is 9.23 Å². The van der Waals surface area contributed by atoms with Crippen LogP contribution < -0.4 is 0 Å². The molecule has 1 aromatic carbocycles. The third-order valence-corrected chi connectivity index (χ3v) is 2.54. The van der Waals surface area contributed by atoms with Crippen LogP contribution >= 0.6 is 0 Å². The van der Waals surface area contributed by atoms with Gasteiger partial charge in [-0.2, -0.15) is 0 Å². The summed E-state index contributed by atoms with van der Waals surface area (Å²) in [5, 5.41) is 0. The van der Waals surface area contributed by atoms with Crippen LogP contribution in [0.15, 0.2) is 42.2 Å². The van der Waals surface area contributed by atoms with E-state index in [2.05, 4.69) is 49.8 Å². The zero-order chi connectivity index (χ0) is 10.7. The molecule has 0 spiro atoms. The number of ether oxygens (including phenoxy) is 1. The highest BCUT2D eigenvalue weighted by molar-refractivity contribution is 5.75. The Morgan fingerprint density at radius 1 is 1.27 bits per heavy atom. The summed E-state index contributed by atoms with van der Waals surface area (Å²) < 4.78 is 5.24. The highest BCUT2D eigenvalue weighted by Crippen LogP contribution is 2.26. The molecule has 0 aliphatic heterocycles. The van der Waals surface area contributed by atoms with Crippen molar-refractivity contribution in [3.05, 3.63) is 59.7 Å². The monoisotopic (exact) mass is 199 g/mol. The fourth-order valence-corrected chi connectivity index (χ4v) is 1.74. The molecule has 1 aromatic rings. The van der Waals surface area contributed by atoms with Crippen LogP contribution in [0.2, 0.25) is 0 Å². The summed E-state index contributed by atoms with van der Waals surface area (Å²) in [4.78, 5) is 0. The Morgan fingerprint density at radius 3 is 2.87 bits per heavy atom. The molecule has 0 fully saturated rings. The fraction of sp³-hybridized carbons (Fsp3) is 0.214. The van der Waals surface area contributed by atoms with Crippen LogP contribution in [0.25, 0.3) is 5.57 Å². The van der Waals surface area contributed by atoms with Crippen molar-refractivity contribution in [2.45, 2.75) is 13.3 Å². The molecule has 0 atom stereocenters. The largest absolute Gasteiger partial charge is 0.497 e. The number of rotatable bonds is 2. The van der Waals surface area contributed by atoms with E-state index in [-0.39, 0.29) is 0 Å². The lowest BCUT2D eigenvalue weighted by Gasteiger charge is -2.13. The average Bonchev–Trinajstić information content (AvgIpc) is 2.29. The van der Waals surface area contributed by atoms with Gasteiger partial charge in [0.15, 0.2) is 0 Å². The molecule has 0 saturated heterocycles. The van der Waals surface area contributed by atoms with Crippen molar-refractivity contribution in [1.82, 2.24) is 0 Å². The van der Waals surface area contributed by atoms with Crippen molar-refractivity contribution in [3.8, 4) is 0 Å². The third kappa shape index (κ3) is 2.30. The van der Waals surface area contributed by atoms with Gasteiger partial charge in [-0.3, -0.25) is 0 Å². The first-order valence-corrected chi connectivity index (χ1v) is 5.15. The summed E-state index contributed by atoms with van der Waals surface area (Å²) >= 11 is 0. The molecule has 1 heteroatoms. The minimum Gasteiger partial charge on any atom is -0.497 e. The van der Waals surface area contributed by atoms with Gasteiger partial charge in [0, 0.05) is 0 Å². The first kappa shape index (κ1) is 10.0. The van der Waals surface area contributed by atoms with Gasteiger partial charge in [-0.25, -0.2) is 0 Å². The molecule has 0 aromatic heterocycles. The van der Waals surface area contributed by atoms with Crippen molar-refractivity contribution in [1.29, 1.82) is 0 Å². The summed E-state index contributed by atoms with van der Waals surface area (Å²) in [6.07, 6.45) is 7.33. The van der Waals surface area contributed by atoms with Crippen molar-refractivity contribution in [2.75, 3.05) is 7.11 Å². The molecule has 0 N–H and O–H groups in total. The molecule has 0 saturated carbocycles. The summed E-state index contributed by atoms with van der Waals surface area (Å²) in [6, 6.07) is 8.53. The number of hydrogen-bond acceptors (Lipinski definition) is 1. The van der Waals surface area contributed by atoms with E-state index in [1.807, 2.05) is 0 Å². The molecule has 2 rings (SSSR count). The maximum absolute atomic E-state index is 5.24. The lowest BCUT2D eigenvalue weighted by atomic mass is 9.96. The van der Waals surface area contributed by atoms with E-state index in [0.717, 1.165) is 12.2 Å². The van der Waals surface area contributed by atoms with E-state index in [0.29, 0.717) is 0 Å². The van der Waals surface area contributed by atoms with E-state index < -0.39 is 0 Å². The van der Waals surface area contributed by atoms with Crippen LogP contribution in [0.5, 0.6) is 0 Å². The molecule has 1 aliphatic carbocycles. The lowest BCUT2D eigenvalue weighted by molar-refractivity contribution is 0.305. The summed E-state index contributed by atoms with van der Waals surface area (Å²) in [7, 11) is 1.71. The molecule has 1 nitrogen and oxygen atoms in total. The van der Waals surface area contributed by atoms with Crippen LogP contribution in [0.1, 0.15) is 17.5 Å². The number of benzene rings is 1. The second-order valence-corrected chi connectivity index (χ2v) is 3.72.